The fraction of sp³-hybridized carbons (Fsp3) is 0.500. The van der Waals surface area contributed by atoms with Gasteiger partial charge in [0.25, 0.3) is 0 Å². The van der Waals surface area contributed by atoms with Crippen LogP contribution in [-0.4, -0.2) is 11.1 Å². The summed E-state index contributed by atoms with van der Waals surface area (Å²) in [5.41, 5.74) is -1.94. The molecule has 1 saturated carbocycles. The predicted octanol–water partition coefficient (Wildman–Crippen LogP) is 3.52. The summed E-state index contributed by atoms with van der Waals surface area (Å²) >= 11 is 0. The maximum Gasteiger partial charge on any atom is 0.346 e. The van der Waals surface area contributed by atoms with Gasteiger partial charge in [-0.25, -0.2) is 9.18 Å². The first kappa shape index (κ1) is 12.1. The van der Waals surface area contributed by atoms with Gasteiger partial charge in [0.1, 0.15) is 0 Å². The van der Waals surface area contributed by atoms with Crippen LogP contribution in [0.2, 0.25) is 0 Å². The fourth-order valence-corrected chi connectivity index (χ4v) is 2.71. The van der Waals surface area contributed by atoms with Crippen molar-refractivity contribution in [3.05, 3.63) is 35.9 Å². The topological polar surface area (TPSA) is 37.3 Å². The highest BCUT2D eigenvalue weighted by atomic mass is 19.1. The van der Waals surface area contributed by atoms with Crippen LogP contribution in [0.15, 0.2) is 30.3 Å². The van der Waals surface area contributed by atoms with Crippen LogP contribution in [0.1, 0.15) is 37.7 Å². The molecule has 0 radical (unpaired) electrons. The maximum atomic E-state index is 14.9. The largest absolute Gasteiger partial charge is 0.479 e. The SMILES string of the molecule is O=C(O)C(F)(c1ccccc1)C1CCCCC1. The number of hydrogen-bond donors (Lipinski definition) is 1. The summed E-state index contributed by atoms with van der Waals surface area (Å²) in [7, 11) is 0. The number of carboxylic acid groups (broad SMARTS) is 1. The van der Waals surface area contributed by atoms with Gasteiger partial charge in [-0.15, -0.1) is 0 Å². The molecule has 0 aromatic heterocycles. The fourth-order valence-electron chi connectivity index (χ4n) is 2.71. The number of carbonyl (C=O) groups is 1. The smallest absolute Gasteiger partial charge is 0.346 e. The Bertz CT molecular complexity index is 384. The van der Waals surface area contributed by atoms with E-state index in [2.05, 4.69) is 0 Å². The van der Waals surface area contributed by atoms with Crippen molar-refractivity contribution >= 4 is 5.97 Å². The van der Waals surface area contributed by atoms with E-state index >= 15 is 0 Å². The molecule has 0 saturated heterocycles. The molecule has 1 aromatic carbocycles. The molecule has 1 N–H and O–H groups in total. The van der Waals surface area contributed by atoms with E-state index in [0.29, 0.717) is 12.8 Å². The predicted molar refractivity (Wildman–Crippen MR) is 63.4 cm³/mol. The molecule has 0 heterocycles. The van der Waals surface area contributed by atoms with Crippen LogP contribution in [0.4, 0.5) is 4.39 Å². The van der Waals surface area contributed by atoms with E-state index in [-0.39, 0.29) is 5.56 Å². The minimum absolute atomic E-state index is 0.277. The molecule has 1 aliphatic carbocycles. The zero-order chi connectivity index (χ0) is 12.3. The molecular weight excluding hydrogens is 219 g/mol. The lowest BCUT2D eigenvalue weighted by Crippen LogP contribution is -2.40. The van der Waals surface area contributed by atoms with Crippen LogP contribution >= 0.6 is 0 Å². The molecule has 1 atom stereocenters. The van der Waals surface area contributed by atoms with E-state index in [1.54, 1.807) is 30.3 Å². The minimum Gasteiger partial charge on any atom is -0.479 e. The highest BCUT2D eigenvalue weighted by Gasteiger charge is 2.48. The van der Waals surface area contributed by atoms with Gasteiger partial charge >= 0.3 is 5.97 Å². The third-order valence-corrected chi connectivity index (χ3v) is 3.67. The molecule has 1 unspecified atom stereocenters. The molecule has 92 valence electrons. The summed E-state index contributed by atoms with van der Waals surface area (Å²) in [5, 5.41) is 9.26. The van der Waals surface area contributed by atoms with Crippen LogP contribution in [0, 0.1) is 5.92 Å². The van der Waals surface area contributed by atoms with Crippen molar-refractivity contribution < 1.29 is 14.3 Å². The second kappa shape index (κ2) is 4.86. The first-order chi connectivity index (χ1) is 8.15. The lowest BCUT2D eigenvalue weighted by molar-refractivity contribution is -0.157. The summed E-state index contributed by atoms with van der Waals surface area (Å²) < 4.78 is 14.9. The number of rotatable bonds is 3. The molecule has 0 spiro atoms. The molecule has 2 rings (SSSR count). The zero-order valence-corrected chi connectivity index (χ0v) is 9.73. The first-order valence-electron chi connectivity index (χ1n) is 6.13. The highest BCUT2D eigenvalue weighted by Crippen LogP contribution is 2.42. The summed E-state index contributed by atoms with van der Waals surface area (Å²) in [5.74, 6) is -1.74. The average molecular weight is 236 g/mol. The lowest BCUT2D eigenvalue weighted by Gasteiger charge is -2.33. The van der Waals surface area contributed by atoms with Gasteiger partial charge in [-0.05, 0) is 12.8 Å². The zero-order valence-electron chi connectivity index (χ0n) is 9.73. The summed E-state index contributed by atoms with van der Waals surface area (Å²) in [4.78, 5) is 11.3. The van der Waals surface area contributed by atoms with E-state index < -0.39 is 17.6 Å². The molecular formula is C14H17FO2. The minimum atomic E-state index is -2.22. The Labute approximate surface area is 100 Å². The highest BCUT2D eigenvalue weighted by molar-refractivity contribution is 5.79. The number of hydrogen-bond acceptors (Lipinski definition) is 1. The number of aliphatic carboxylic acids is 1. The van der Waals surface area contributed by atoms with Gasteiger partial charge in [0.2, 0.25) is 5.67 Å². The second-order valence-corrected chi connectivity index (χ2v) is 4.72. The van der Waals surface area contributed by atoms with Crippen molar-refractivity contribution in [2.24, 2.45) is 5.92 Å². The third kappa shape index (κ3) is 2.19. The maximum absolute atomic E-state index is 14.9. The van der Waals surface area contributed by atoms with Crippen LogP contribution in [0.5, 0.6) is 0 Å². The summed E-state index contributed by atoms with van der Waals surface area (Å²) in [6.45, 7) is 0. The molecule has 1 aromatic rings. The van der Waals surface area contributed by atoms with E-state index in [4.69, 9.17) is 0 Å². The Balaban J connectivity index is 2.35. The third-order valence-electron chi connectivity index (χ3n) is 3.67. The molecule has 17 heavy (non-hydrogen) atoms. The van der Waals surface area contributed by atoms with Crippen LogP contribution in [0.3, 0.4) is 0 Å². The molecule has 0 aliphatic heterocycles. The van der Waals surface area contributed by atoms with E-state index in [9.17, 15) is 14.3 Å². The van der Waals surface area contributed by atoms with Gasteiger partial charge in [-0.2, -0.15) is 0 Å². The molecule has 1 aliphatic rings. The summed E-state index contributed by atoms with van der Waals surface area (Å²) in [6, 6.07) is 8.29. The van der Waals surface area contributed by atoms with Crippen LogP contribution in [-0.2, 0) is 10.5 Å². The van der Waals surface area contributed by atoms with Crippen molar-refractivity contribution in [1.29, 1.82) is 0 Å². The number of benzene rings is 1. The number of carboxylic acids is 1. The average Bonchev–Trinajstić information content (AvgIpc) is 2.39. The molecule has 2 nitrogen and oxygen atoms in total. The standard InChI is InChI=1S/C14H17FO2/c15-14(13(16)17,11-7-3-1-4-8-11)12-9-5-2-6-10-12/h1,3-4,7-8,12H,2,5-6,9-10H2,(H,16,17). The van der Waals surface area contributed by atoms with Crippen LogP contribution in [0.25, 0.3) is 0 Å². The molecule has 0 amide bonds. The quantitative estimate of drug-likeness (QED) is 0.871. The Morgan fingerprint density at radius 2 is 1.76 bits per heavy atom. The van der Waals surface area contributed by atoms with Crippen molar-refractivity contribution in [2.45, 2.75) is 37.8 Å². The van der Waals surface area contributed by atoms with Gasteiger partial charge in [-0.1, -0.05) is 49.6 Å². The molecule has 1 fully saturated rings. The van der Waals surface area contributed by atoms with E-state index in [1.165, 1.54) is 0 Å². The molecule has 3 heteroatoms. The summed E-state index contributed by atoms with van der Waals surface area (Å²) in [6.07, 6.45) is 4.27. The number of alkyl halides is 1. The Morgan fingerprint density at radius 3 is 2.29 bits per heavy atom. The van der Waals surface area contributed by atoms with Crippen molar-refractivity contribution in [3.8, 4) is 0 Å². The van der Waals surface area contributed by atoms with Crippen LogP contribution < -0.4 is 0 Å². The Kier molecular flexibility index (Phi) is 3.46. The monoisotopic (exact) mass is 236 g/mol. The van der Waals surface area contributed by atoms with Crippen molar-refractivity contribution in [1.82, 2.24) is 0 Å². The second-order valence-electron chi connectivity index (χ2n) is 4.72. The van der Waals surface area contributed by atoms with E-state index in [1.807, 2.05) is 0 Å². The normalized spacial score (nSPS) is 20.8. The number of halogens is 1. The van der Waals surface area contributed by atoms with Gasteiger partial charge in [0, 0.05) is 11.5 Å². The van der Waals surface area contributed by atoms with Crippen molar-refractivity contribution in [3.63, 3.8) is 0 Å². The molecule has 0 bridgehead atoms. The first-order valence-corrected chi connectivity index (χ1v) is 6.13. The Morgan fingerprint density at radius 1 is 1.18 bits per heavy atom. The van der Waals surface area contributed by atoms with Gasteiger partial charge in [0.05, 0.1) is 0 Å². The van der Waals surface area contributed by atoms with Gasteiger partial charge in [0.15, 0.2) is 0 Å². The van der Waals surface area contributed by atoms with Crippen molar-refractivity contribution in [2.75, 3.05) is 0 Å². The van der Waals surface area contributed by atoms with Gasteiger partial charge in [-0.3, -0.25) is 0 Å². The van der Waals surface area contributed by atoms with Gasteiger partial charge < -0.3 is 5.11 Å². The Hall–Kier alpha value is -1.38. The lowest BCUT2D eigenvalue weighted by atomic mass is 9.74. The van der Waals surface area contributed by atoms with E-state index in [0.717, 1.165) is 19.3 Å².